The van der Waals surface area contributed by atoms with Crippen molar-refractivity contribution in [1.29, 1.82) is 5.26 Å². The molecule has 1 atom stereocenters. The summed E-state index contributed by atoms with van der Waals surface area (Å²) < 4.78 is 0. The summed E-state index contributed by atoms with van der Waals surface area (Å²) in [6.45, 7) is 3.15. The van der Waals surface area contributed by atoms with Gasteiger partial charge in [0, 0.05) is 9.75 Å². The number of nitrogens with zero attached hydrogens (tertiary/aromatic N) is 1. The topological polar surface area (TPSA) is 35.8 Å². The van der Waals surface area contributed by atoms with Gasteiger partial charge in [0.25, 0.3) is 0 Å². The third-order valence-electron chi connectivity index (χ3n) is 2.75. The summed E-state index contributed by atoms with van der Waals surface area (Å²) in [6.07, 6.45) is 3.72. The van der Waals surface area contributed by atoms with Crippen molar-refractivity contribution < 1.29 is 0 Å². The largest absolute Gasteiger partial charge is 0.297 e. The molecule has 1 N–H and O–H groups in total. The van der Waals surface area contributed by atoms with Crippen molar-refractivity contribution in [3.63, 3.8) is 0 Å². The predicted molar refractivity (Wildman–Crippen MR) is 62.8 cm³/mol. The van der Waals surface area contributed by atoms with Crippen LogP contribution in [0.3, 0.4) is 0 Å². The van der Waals surface area contributed by atoms with E-state index in [1.54, 1.807) is 11.3 Å². The number of aryl methyl sites for hydroxylation is 1. The molecular weight excluding hydrogens is 204 g/mol. The molecule has 1 aliphatic carbocycles. The number of nitrogens with one attached hydrogen (secondary N) is 1. The molecule has 0 aliphatic heterocycles. The highest BCUT2D eigenvalue weighted by atomic mass is 32.1. The molecule has 80 valence electrons. The lowest BCUT2D eigenvalue weighted by molar-refractivity contribution is 0.599. The molecule has 1 heterocycles. The third-order valence-corrected chi connectivity index (χ3v) is 4.05. The van der Waals surface area contributed by atoms with E-state index in [2.05, 4.69) is 30.4 Å². The molecule has 1 fully saturated rings. The fourth-order valence-corrected chi connectivity index (χ4v) is 2.53. The Morgan fingerprint density at radius 1 is 1.60 bits per heavy atom. The number of hydrogen-bond donors (Lipinski definition) is 1. The Hall–Kier alpha value is -0.850. The summed E-state index contributed by atoms with van der Waals surface area (Å²) >= 11 is 1.75. The fourth-order valence-electron chi connectivity index (χ4n) is 1.56. The minimum Gasteiger partial charge on any atom is -0.297 e. The van der Waals surface area contributed by atoms with E-state index in [9.17, 15) is 0 Å². The van der Waals surface area contributed by atoms with Gasteiger partial charge in [-0.1, -0.05) is 6.92 Å². The average Bonchev–Trinajstić information content (AvgIpc) is 2.96. The van der Waals surface area contributed by atoms with Crippen molar-refractivity contribution in [1.82, 2.24) is 5.32 Å². The maximum absolute atomic E-state index is 9.09. The van der Waals surface area contributed by atoms with Gasteiger partial charge in [-0.25, -0.2) is 0 Å². The molecule has 1 unspecified atom stereocenters. The summed E-state index contributed by atoms with van der Waals surface area (Å²) in [6, 6.07) is 6.45. The molecule has 0 radical (unpaired) electrons. The first-order valence-corrected chi connectivity index (χ1v) is 6.36. The summed E-state index contributed by atoms with van der Waals surface area (Å²) in [7, 11) is 0. The zero-order valence-electron chi connectivity index (χ0n) is 8.99. The van der Waals surface area contributed by atoms with Gasteiger partial charge in [-0.05, 0) is 43.9 Å². The van der Waals surface area contributed by atoms with Crippen molar-refractivity contribution in [3.05, 3.63) is 21.9 Å². The number of thiophene rings is 1. The first-order chi connectivity index (χ1) is 7.33. The Kier molecular flexibility index (Phi) is 3.40. The van der Waals surface area contributed by atoms with Gasteiger partial charge in [-0.15, -0.1) is 11.3 Å². The molecule has 0 saturated heterocycles. The van der Waals surface area contributed by atoms with Gasteiger partial charge in [-0.2, -0.15) is 5.26 Å². The SMILES string of the molecule is CCc1ccc(C(C#N)NCC2CC2)s1. The van der Waals surface area contributed by atoms with Crippen molar-refractivity contribution in [2.75, 3.05) is 6.54 Å². The van der Waals surface area contributed by atoms with Gasteiger partial charge in [0.2, 0.25) is 0 Å². The first kappa shape index (κ1) is 10.7. The number of hydrogen-bond acceptors (Lipinski definition) is 3. The lowest BCUT2D eigenvalue weighted by atomic mass is 10.2. The van der Waals surface area contributed by atoms with Crippen LogP contribution in [-0.2, 0) is 6.42 Å². The number of rotatable bonds is 5. The molecule has 1 aromatic heterocycles. The predicted octanol–water partition coefficient (Wildman–Crippen LogP) is 2.87. The van der Waals surface area contributed by atoms with Gasteiger partial charge in [0.15, 0.2) is 0 Å². The Balaban J connectivity index is 1.95. The van der Waals surface area contributed by atoms with Crippen molar-refractivity contribution >= 4 is 11.3 Å². The molecule has 0 amide bonds. The van der Waals surface area contributed by atoms with Crippen LogP contribution < -0.4 is 5.32 Å². The fraction of sp³-hybridized carbons (Fsp3) is 0.583. The highest BCUT2D eigenvalue weighted by Gasteiger charge is 2.23. The maximum atomic E-state index is 9.09. The van der Waals surface area contributed by atoms with Crippen LogP contribution in [0.15, 0.2) is 12.1 Å². The molecule has 0 aromatic carbocycles. The molecule has 2 nitrogen and oxygen atoms in total. The standard InChI is InChI=1S/C12H16N2S/c1-2-10-5-6-12(15-10)11(7-13)14-8-9-3-4-9/h5-6,9,11,14H,2-4,8H2,1H3. The van der Waals surface area contributed by atoms with Crippen LogP contribution in [-0.4, -0.2) is 6.54 Å². The second kappa shape index (κ2) is 4.78. The van der Waals surface area contributed by atoms with Crippen LogP contribution in [0.1, 0.15) is 35.6 Å². The zero-order chi connectivity index (χ0) is 10.7. The summed E-state index contributed by atoms with van der Waals surface area (Å²) in [5, 5.41) is 12.4. The van der Waals surface area contributed by atoms with Crippen molar-refractivity contribution in [3.8, 4) is 6.07 Å². The van der Waals surface area contributed by atoms with E-state index >= 15 is 0 Å². The monoisotopic (exact) mass is 220 g/mol. The van der Waals surface area contributed by atoms with Crippen LogP contribution in [0.4, 0.5) is 0 Å². The van der Waals surface area contributed by atoms with Gasteiger partial charge >= 0.3 is 0 Å². The minimum atomic E-state index is -0.101. The molecule has 0 bridgehead atoms. The van der Waals surface area contributed by atoms with Crippen LogP contribution in [0.25, 0.3) is 0 Å². The highest BCUT2D eigenvalue weighted by molar-refractivity contribution is 7.12. The molecule has 1 saturated carbocycles. The van der Waals surface area contributed by atoms with E-state index in [4.69, 9.17) is 5.26 Å². The van der Waals surface area contributed by atoms with Crippen LogP contribution in [0.5, 0.6) is 0 Å². The molecule has 3 heteroatoms. The van der Waals surface area contributed by atoms with Crippen LogP contribution >= 0.6 is 11.3 Å². The van der Waals surface area contributed by atoms with E-state index < -0.39 is 0 Å². The smallest absolute Gasteiger partial charge is 0.130 e. The first-order valence-electron chi connectivity index (χ1n) is 5.55. The van der Waals surface area contributed by atoms with Gasteiger partial charge in [0.05, 0.1) is 6.07 Å². The summed E-state index contributed by atoms with van der Waals surface area (Å²) in [5.41, 5.74) is 0. The minimum absolute atomic E-state index is 0.101. The lowest BCUT2D eigenvalue weighted by Gasteiger charge is -2.08. The van der Waals surface area contributed by atoms with E-state index in [1.807, 2.05) is 0 Å². The van der Waals surface area contributed by atoms with Crippen molar-refractivity contribution in [2.24, 2.45) is 5.92 Å². The van der Waals surface area contributed by atoms with Gasteiger partial charge in [0.1, 0.15) is 6.04 Å². The molecule has 1 aliphatic rings. The van der Waals surface area contributed by atoms with Crippen LogP contribution in [0.2, 0.25) is 0 Å². The average molecular weight is 220 g/mol. The normalized spacial score (nSPS) is 17.3. The molecule has 0 spiro atoms. The second-order valence-electron chi connectivity index (χ2n) is 4.07. The number of nitriles is 1. The van der Waals surface area contributed by atoms with E-state index in [0.29, 0.717) is 0 Å². The van der Waals surface area contributed by atoms with Gasteiger partial charge in [-0.3, -0.25) is 5.32 Å². The molecule has 1 aromatic rings. The van der Waals surface area contributed by atoms with Crippen LogP contribution in [0, 0.1) is 17.2 Å². The summed E-state index contributed by atoms with van der Waals surface area (Å²) in [4.78, 5) is 2.52. The Bertz CT molecular complexity index is 360. The maximum Gasteiger partial charge on any atom is 0.130 e. The quantitative estimate of drug-likeness (QED) is 0.828. The second-order valence-corrected chi connectivity index (χ2v) is 5.27. The highest BCUT2D eigenvalue weighted by Crippen LogP contribution is 2.29. The molecule has 15 heavy (non-hydrogen) atoms. The zero-order valence-corrected chi connectivity index (χ0v) is 9.81. The van der Waals surface area contributed by atoms with E-state index in [1.165, 1.54) is 17.7 Å². The Labute approximate surface area is 94.9 Å². The molecular formula is C12H16N2S. The Morgan fingerprint density at radius 3 is 2.93 bits per heavy atom. The third kappa shape index (κ3) is 2.80. The molecule has 2 rings (SSSR count). The van der Waals surface area contributed by atoms with Gasteiger partial charge < -0.3 is 0 Å². The summed E-state index contributed by atoms with van der Waals surface area (Å²) in [5.74, 6) is 0.825. The Morgan fingerprint density at radius 2 is 2.40 bits per heavy atom. The van der Waals surface area contributed by atoms with E-state index in [-0.39, 0.29) is 6.04 Å². The lowest BCUT2D eigenvalue weighted by Crippen LogP contribution is -2.21. The van der Waals surface area contributed by atoms with E-state index in [0.717, 1.165) is 23.8 Å². The van der Waals surface area contributed by atoms with Crippen molar-refractivity contribution in [2.45, 2.75) is 32.2 Å².